The van der Waals surface area contributed by atoms with Gasteiger partial charge in [-0.1, -0.05) is 36.0 Å². The molecule has 1 saturated carbocycles. The van der Waals surface area contributed by atoms with Crippen LogP contribution in [0.4, 0.5) is 5.95 Å². The molecule has 2 aromatic rings. The molecule has 2 aliphatic rings. The quantitative estimate of drug-likeness (QED) is 0.814. The normalized spacial score (nSPS) is 18.1. The smallest absolute Gasteiger partial charge is 0.228 e. The molecule has 1 aliphatic heterocycles. The Morgan fingerprint density at radius 2 is 1.71 bits per heavy atom. The fourth-order valence-electron chi connectivity index (χ4n) is 3.22. The Morgan fingerprint density at radius 3 is 2.38 bits per heavy atom. The van der Waals surface area contributed by atoms with E-state index < -0.39 is 0 Å². The van der Waals surface area contributed by atoms with Gasteiger partial charge in [0.15, 0.2) is 5.16 Å². The maximum Gasteiger partial charge on any atom is 0.228 e. The Bertz CT molecular complexity index is 675. The summed E-state index contributed by atoms with van der Waals surface area (Å²) in [7, 11) is 0. The van der Waals surface area contributed by atoms with Crippen molar-refractivity contribution in [3.63, 3.8) is 0 Å². The lowest BCUT2D eigenvalue weighted by Crippen LogP contribution is -2.31. The summed E-state index contributed by atoms with van der Waals surface area (Å²) < 4.78 is 2.37. The third kappa shape index (κ3) is 3.44. The molecular weight excluding hydrogens is 320 g/mol. The summed E-state index contributed by atoms with van der Waals surface area (Å²) >= 11 is 1.77. The number of benzene rings is 1. The van der Waals surface area contributed by atoms with Crippen molar-refractivity contribution in [1.29, 1.82) is 0 Å². The molecule has 0 atom stereocenters. The molecule has 0 radical (unpaired) electrons. The summed E-state index contributed by atoms with van der Waals surface area (Å²) in [5.74, 6) is 1.96. The van der Waals surface area contributed by atoms with Crippen molar-refractivity contribution in [3.05, 3.63) is 35.4 Å². The van der Waals surface area contributed by atoms with Crippen molar-refractivity contribution in [2.24, 2.45) is 0 Å². The third-order valence-corrected chi connectivity index (χ3v) is 5.79. The molecule has 0 unspecified atom stereocenters. The Labute approximate surface area is 147 Å². The van der Waals surface area contributed by atoms with Gasteiger partial charge in [0, 0.05) is 24.9 Å². The monoisotopic (exact) mass is 344 g/mol. The molecule has 6 heteroatoms. The zero-order valence-corrected chi connectivity index (χ0v) is 14.7. The Morgan fingerprint density at radius 1 is 1.00 bits per heavy atom. The maximum absolute atomic E-state index is 9.14. The largest absolute Gasteiger partial charge is 0.392 e. The summed E-state index contributed by atoms with van der Waals surface area (Å²) in [6.07, 6.45) is 6.35. The molecule has 1 N–H and O–H groups in total. The zero-order valence-electron chi connectivity index (χ0n) is 13.9. The van der Waals surface area contributed by atoms with Gasteiger partial charge in [-0.2, -0.15) is 0 Å². The van der Waals surface area contributed by atoms with Crippen LogP contribution < -0.4 is 4.90 Å². The SMILES string of the molecule is OCc1ccc(CSc2nnc(N3CCCCC3)n2C2CC2)cc1. The van der Waals surface area contributed by atoms with Crippen LogP contribution in [0.1, 0.15) is 49.3 Å². The van der Waals surface area contributed by atoms with E-state index >= 15 is 0 Å². The van der Waals surface area contributed by atoms with Gasteiger partial charge in [-0.15, -0.1) is 10.2 Å². The van der Waals surface area contributed by atoms with Gasteiger partial charge in [-0.3, -0.25) is 4.57 Å². The number of nitrogens with zero attached hydrogens (tertiary/aromatic N) is 4. The van der Waals surface area contributed by atoms with E-state index in [2.05, 4.69) is 31.8 Å². The first-order valence-electron chi connectivity index (χ1n) is 8.86. The standard InChI is InChI=1S/C18H24N4OS/c23-12-14-4-6-15(7-5-14)13-24-18-20-19-17(22(18)16-8-9-16)21-10-2-1-3-11-21/h4-7,16,23H,1-3,8-13H2. The molecular formula is C18H24N4OS. The molecule has 128 valence electrons. The van der Waals surface area contributed by atoms with Crippen LogP contribution in [0.3, 0.4) is 0 Å². The summed E-state index contributed by atoms with van der Waals surface area (Å²) in [4.78, 5) is 2.41. The van der Waals surface area contributed by atoms with Gasteiger partial charge >= 0.3 is 0 Å². The topological polar surface area (TPSA) is 54.2 Å². The van der Waals surface area contributed by atoms with E-state index in [1.54, 1.807) is 11.8 Å². The van der Waals surface area contributed by atoms with E-state index in [9.17, 15) is 0 Å². The van der Waals surface area contributed by atoms with Gasteiger partial charge in [-0.25, -0.2) is 0 Å². The average Bonchev–Trinajstić information content (AvgIpc) is 3.40. The molecule has 1 aliphatic carbocycles. The van der Waals surface area contributed by atoms with Crippen LogP contribution in [-0.2, 0) is 12.4 Å². The van der Waals surface area contributed by atoms with E-state index in [1.807, 2.05) is 12.1 Å². The number of hydrogen-bond acceptors (Lipinski definition) is 5. The lowest BCUT2D eigenvalue weighted by Gasteiger charge is -2.27. The highest BCUT2D eigenvalue weighted by molar-refractivity contribution is 7.98. The summed E-state index contributed by atoms with van der Waals surface area (Å²) in [6.45, 7) is 2.32. The number of rotatable bonds is 6. The number of aliphatic hydroxyl groups is 1. The van der Waals surface area contributed by atoms with Crippen molar-refractivity contribution >= 4 is 17.7 Å². The fourth-order valence-corrected chi connectivity index (χ4v) is 4.17. The summed E-state index contributed by atoms with van der Waals surface area (Å²) in [5, 5.41) is 19.2. The van der Waals surface area contributed by atoms with E-state index in [1.165, 1.54) is 37.7 Å². The Kier molecular flexibility index (Phi) is 4.76. The zero-order chi connectivity index (χ0) is 16.4. The molecule has 5 nitrogen and oxygen atoms in total. The van der Waals surface area contributed by atoms with Crippen LogP contribution >= 0.6 is 11.8 Å². The summed E-state index contributed by atoms with van der Waals surface area (Å²) in [6, 6.07) is 8.74. The lowest BCUT2D eigenvalue weighted by atomic mass is 10.1. The van der Waals surface area contributed by atoms with Crippen molar-refractivity contribution in [2.75, 3.05) is 18.0 Å². The molecule has 0 amide bonds. The average molecular weight is 344 g/mol. The van der Waals surface area contributed by atoms with Gasteiger partial charge in [0.2, 0.25) is 5.95 Å². The van der Waals surface area contributed by atoms with E-state index in [4.69, 9.17) is 5.11 Å². The lowest BCUT2D eigenvalue weighted by molar-refractivity contribution is 0.282. The van der Waals surface area contributed by atoms with Crippen LogP contribution in [0.15, 0.2) is 29.4 Å². The Balaban J connectivity index is 1.49. The van der Waals surface area contributed by atoms with Crippen molar-refractivity contribution in [1.82, 2.24) is 14.8 Å². The van der Waals surface area contributed by atoms with E-state index in [-0.39, 0.29) is 6.61 Å². The molecule has 1 aromatic carbocycles. The fraction of sp³-hybridized carbons (Fsp3) is 0.556. The first-order valence-corrected chi connectivity index (χ1v) is 9.85. The molecule has 24 heavy (non-hydrogen) atoms. The van der Waals surface area contributed by atoms with Crippen LogP contribution in [0, 0.1) is 0 Å². The van der Waals surface area contributed by atoms with Crippen molar-refractivity contribution in [2.45, 2.75) is 55.7 Å². The number of aliphatic hydroxyl groups excluding tert-OH is 1. The first kappa shape index (κ1) is 16.0. The van der Waals surface area contributed by atoms with Gasteiger partial charge in [0.1, 0.15) is 0 Å². The maximum atomic E-state index is 9.14. The number of hydrogen-bond donors (Lipinski definition) is 1. The second-order valence-corrected chi connectivity index (χ2v) is 7.64. The molecule has 2 fully saturated rings. The van der Waals surface area contributed by atoms with Gasteiger partial charge in [0.05, 0.1) is 6.61 Å². The van der Waals surface area contributed by atoms with E-state index in [0.29, 0.717) is 6.04 Å². The van der Waals surface area contributed by atoms with Gasteiger partial charge in [-0.05, 0) is 43.2 Å². The van der Waals surface area contributed by atoms with Gasteiger partial charge in [0.25, 0.3) is 0 Å². The molecule has 0 spiro atoms. The number of piperidine rings is 1. The third-order valence-electron chi connectivity index (χ3n) is 4.77. The van der Waals surface area contributed by atoms with Crippen LogP contribution in [0.25, 0.3) is 0 Å². The van der Waals surface area contributed by atoms with Crippen molar-refractivity contribution in [3.8, 4) is 0 Å². The van der Waals surface area contributed by atoms with Crippen LogP contribution in [0.5, 0.6) is 0 Å². The van der Waals surface area contributed by atoms with E-state index in [0.717, 1.165) is 35.5 Å². The molecule has 2 heterocycles. The van der Waals surface area contributed by atoms with Gasteiger partial charge < -0.3 is 10.0 Å². The van der Waals surface area contributed by atoms with Crippen LogP contribution in [0.2, 0.25) is 0 Å². The minimum Gasteiger partial charge on any atom is -0.392 e. The minimum atomic E-state index is 0.0998. The Hall–Kier alpha value is -1.53. The molecule has 0 bridgehead atoms. The van der Waals surface area contributed by atoms with Crippen LogP contribution in [-0.4, -0.2) is 33.0 Å². The number of anilines is 1. The second kappa shape index (κ2) is 7.15. The summed E-state index contributed by atoms with van der Waals surface area (Å²) in [5.41, 5.74) is 2.21. The number of aromatic nitrogens is 3. The predicted octanol–water partition coefficient (Wildman–Crippen LogP) is 3.39. The molecule has 4 rings (SSSR count). The minimum absolute atomic E-state index is 0.0998. The first-order chi connectivity index (χ1) is 11.8. The highest BCUT2D eigenvalue weighted by Crippen LogP contribution is 2.41. The molecule has 1 aromatic heterocycles. The second-order valence-electron chi connectivity index (χ2n) is 6.69. The molecule has 1 saturated heterocycles. The number of thioether (sulfide) groups is 1. The van der Waals surface area contributed by atoms with Crippen molar-refractivity contribution < 1.29 is 5.11 Å². The predicted molar refractivity (Wildman–Crippen MR) is 96.3 cm³/mol. The highest BCUT2D eigenvalue weighted by atomic mass is 32.2. The highest BCUT2D eigenvalue weighted by Gasteiger charge is 2.31.